The molecule has 2 heterocycles. The molecule has 9 heteroatoms. The molecule has 2 aromatic carbocycles. The number of aromatic nitrogens is 4. The third kappa shape index (κ3) is 2.88. The number of hydrogen-bond acceptors (Lipinski definition) is 5. The summed E-state index contributed by atoms with van der Waals surface area (Å²) in [6.07, 6.45) is 3.89. The zero-order valence-corrected chi connectivity index (χ0v) is 15.5. The predicted molar refractivity (Wildman–Crippen MR) is 103 cm³/mol. The standard InChI is InChI=1S/C19H16N6O2S/c20-9-12-1-6-16-18(7-12)25(14-3-4-14)19(23-16)24-11-21-15-5-2-13(8-17(15)24)10-22-28(26)27/h1-2,5-8,11,14,22H,3-4,10H2,(H,26,27)/p-1. The van der Waals surface area contributed by atoms with E-state index in [0.717, 1.165) is 46.4 Å². The summed E-state index contributed by atoms with van der Waals surface area (Å²) >= 11 is -2.31. The van der Waals surface area contributed by atoms with Gasteiger partial charge in [0.15, 0.2) is 0 Å². The highest BCUT2D eigenvalue weighted by atomic mass is 32.2. The van der Waals surface area contributed by atoms with Gasteiger partial charge in [-0.25, -0.2) is 14.7 Å². The number of benzene rings is 2. The molecule has 4 aromatic rings. The predicted octanol–water partition coefficient (Wildman–Crippen LogP) is 2.47. The van der Waals surface area contributed by atoms with Gasteiger partial charge in [0.25, 0.3) is 0 Å². The molecule has 140 valence electrons. The normalized spacial score (nSPS) is 15.1. The molecule has 0 amide bonds. The molecule has 1 saturated carbocycles. The molecule has 0 aliphatic heterocycles. The number of nitrogens with zero attached hydrogens (tertiary/aromatic N) is 5. The van der Waals surface area contributed by atoms with Crippen LogP contribution >= 0.6 is 0 Å². The van der Waals surface area contributed by atoms with E-state index in [1.807, 2.05) is 34.9 Å². The Bertz CT molecular complexity index is 1280. The Hall–Kier alpha value is -3.06. The van der Waals surface area contributed by atoms with Gasteiger partial charge in [0.05, 0.1) is 33.7 Å². The van der Waals surface area contributed by atoms with Crippen molar-refractivity contribution in [1.82, 2.24) is 23.8 Å². The summed E-state index contributed by atoms with van der Waals surface area (Å²) in [5.41, 5.74) is 4.88. The van der Waals surface area contributed by atoms with Gasteiger partial charge in [-0.15, -0.1) is 0 Å². The lowest BCUT2D eigenvalue weighted by molar-refractivity contribution is 0.522. The van der Waals surface area contributed by atoms with Gasteiger partial charge in [0, 0.05) is 23.9 Å². The maximum Gasteiger partial charge on any atom is 0.216 e. The quantitative estimate of drug-likeness (QED) is 0.525. The molecule has 5 rings (SSSR count). The second kappa shape index (κ2) is 6.53. The number of hydrogen-bond donors (Lipinski definition) is 1. The van der Waals surface area contributed by atoms with Crippen LogP contribution in [-0.2, 0) is 17.8 Å². The lowest BCUT2D eigenvalue weighted by Crippen LogP contribution is -2.15. The molecule has 8 nitrogen and oxygen atoms in total. The Morgan fingerprint density at radius 3 is 2.79 bits per heavy atom. The minimum Gasteiger partial charge on any atom is -0.760 e. The first-order chi connectivity index (χ1) is 13.6. The van der Waals surface area contributed by atoms with E-state index >= 15 is 0 Å². The van der Waals surface area contributed by atoms with Gasteiger partial charge in [0.2, 0.25) is 5.95 Å². The fourth-order valence-electron chi connectivity index (χ4n) is 3.48. The fraction of sp³-hybridized carbons (Fsp3) is 0.211. The van der Waals surface area contributed by atoms with Crippen molar-refractivity contribution in [2.75, 3.05) is 0 Å². The summed E-state index contributed by atoms with van der Waals surface area (Å²) in [7, 11) is 0. The SMILES string of the molecule is N#Cc1ccc2nc(-n3cnc4ccc(CNS(=O)[O-])cc43)n(C3CC3)c2c1. The minimum atomic E-state index is -2.31. The Morgan fingerprint density at radius 1 is 1.21 bits per heavy atom. The van der Waals surface area contributed by atoms with Gasteiger partial charge in [0.1, 0.15) is 6.33 Å². The van der Waals surface area contributed by atoms with Gasteiger partial charge >= 0.3 is 0 Å². The second-order valence-corrected chi connectivity index (χ2v) is 7.58. The van der Waals surface area contributed by atoms with E-state index in [0.29, 0.717) is 11.6 Å². The summed E-state index contributed by atoms with van der Waals surface area (Å²) in [5.74, 6) is 0.757. The van der Waals surface area contributed by atoms with Crippen LogP contribution in [0.5, 0.6) is 0 Å². The summed E-state index contributed by atoms with van der Waals surface area (Å²) in [6, 6.07) is 13.7. The molecule has 0 saturated heterocycles. The van der Waals surface area contributed by atoms with Gasteiger partial charge in [-0.2, -0.15) is 5.26 Å². The summed E-state index contributed by atoms with van der Waals surface area (Å²) < 4.78 is 28.1. The molecule has 0 radical (unpaired) electrons. The van der Waals surface area contributed by atoms with Crippen molar-refractivity contribution < 1.29 is 8.76 Å². The molecule has 0 bridgehead atoms. The van der Waals surface area contributed by atoms with E-state index in [2.05, 4.69) is 20.3 Å². The Morgan fingerprint density at radius 2 is 2.04 bits per heavy atom. The lowest BCUT2D eigenvalue weighted by Gasteiger charge is -2.10. The second-order valence-electron chi connectivity index (χ2n) is 6.82. The first kappa shape index (κ1) is 17.1. The molecule has 1 aliphatic rings. The maximum absolute atomic E-state index is 10.8. The first-order valence-corrected chi connectivity index (χ1v) is 9.93. The number of fused-ring (bicyclic) bond motifs is 2. The number of imidazole rings is 2. The number of nitriles is 1. The van der Waals surface area contributed by atoms with Crippen LogP contribution in [0.25, 0.3) is 28.0 Å². The van der Waals surface area contributed by atoms with E-state index < -0.39 is 11.3 Å². The van der Waals surface area contributed by atoms with Gasteiger partial charge in [-0.1, -0.05) is 6.07 Å². The first-order valence-electron chi connectivity index (χ1n) is 8.85. The minimum absolute atomic E-state index is 0.210. The zero-order chi connectivity index (χ0) is 19.3. The Labute approximate surface area is 162 Å². The molecular formula is C19H15N6O2S-. The lowest BCUT2D eigenvalue weighted by atomic mass is 10.2. The molecule has 1 unspecified atom stereocenters. The average Bonchev–Trinajstić information content (AvgIpc) is 3.34. The summed E-state index contributed by atoms with van der Waals surface area (Å²) in [5, 5.41) is 9.25. The van der Waals surface area contributed by atoms with Crippen LogP contribution in [0, 0.1) is 11.3 Å². The Kier molecular flexibility index (Phi) is 3.98. The van der Waals surface area contributed by atoms with Crippen molar-refractivity contribution in [3.8, 4) is 12.0 Å². The molecule has 28 heavy (non-hydrogen) atoms. The summed E-state index contributed by atoms with van der Waals surface area (Å²) in [6.45, 7) is 0.210. The Balaban J connectivity index is 1.68. The molecule has 1 atom stereocenters. The van der Waals surface area contributed by atoms with Gasteiger partial charge in [-0.05, 0) is 48.7 Å². The molecule has 2 aromatic heterocycles. The monoisotopic (exact) mass is 391 g/mol. The maximum atomic E-state index is 10.8. The van der Waals surface area contributed by atoms with Crippen LogP contribution in [0.15, 0.2) is 42.7 Å². The van der Waals surface area contributed by atoms with Gasteiger partial charge < -0.3 is 9.12 Å². The highest BCUT2D eigenvalue weighted by Crippen LogP contribution is 2.40. The van der Waals surface area contributed by atoms with Crippen molar-refractivity contribution in [3.63, 3.8) is 0 Å². The van der Waals surface area contributed by atoms with E-state index in [1.54, 1.807) is 12.4 Å². The third-order valence-electron chi connectivity index (χ3n) is 4.93. The van der Waals surface area contributed by atoms with Crippen LogP contribution in [0.2, 0.25) is 0 Å². The van der Waals surface area contributed by atoms with Crippen molar-refractivity contribution >= 4 is 33.3 Å². The fourth-order valence-corrected chi connectivity index (χ4v) is 3.76. The molecule has 1 fully saturated rings. The smallest absolute Gasteiger partial charge is 0.216 e. The van der Waals surface area contributed by atoms with E-state index in [9.17, 15) is 14.0 Å². The topological polar surface area (TPSA) is 112 Å². The van der Waals surface area contributed by atoms with Crippen molar-refractivity contribution in [1.29, 1.82) is 5.26 Å². The highest BCUT2D eigenvalue weighted by molar-refractivity contribution is 7.77. The van der Waals surface area contributed by atoms with Crippen molar-refractivity contribution in [3.05, 3.63) is 53.9 Å². The molecule has 0 spiro atoms. The van der Waals surface area contributed by atoms with Crippen molar-refractivity contribution in [2.24, 2.45) is 0 Å². The molecule has 1 aliphatic carbocycles. The van der Waals surface area contributed by atoms with E-state index in [-0.39, 0.29) is 6.54 Å². The zero-order valence-electron chi connectivity index (χ0n) is 14.7. The molecular weight excluding hydrogens is 376 g/mol. The van der Waals surface area contributed by atoms with Crippen LogP contribution < -0.4 is 4.72 Å². The molecule has 1 N–H and O–H groups in total. The van der Waals surface area contributed by atoms with Crippen LogP contribution in [-0.4, -0.2) is 27.9 Å². The highest BCUT2D eigenvalue weighted by Gasteiger charge is 2.29. The van der Waals surface area contributed by atoms with Crippen LogP contribution in [0.4, 0.5) is 0 Å². The van der Waals surface area contributed by atoms with Crippen LogP contribution in [0.1, 0.15) is 30.0 Å². The number of rotatable bonds is 5. The summed E-state index contributed by atoms with van der Waals surface area (Å²) in [4.78, 5) is 9.28. The van der Waals surface area contributed by atoms with E-state index in [4.69, 9.17) is 4.98 Å². The van der Waals surface area contributed by atoms with Crippen molar-refractivity contribution in [2.45, 2.75) is 25.4 Å². The van der Waals surface area contributed by atoms with Crippen LogP contribution in [0.3, 0.4) is 0 Å². The third-order valence-corrected chi connectivity index (χ3v) is 5.31. The average molecular weight is 391 g/mol. The van der Waals surface area contributed by atoms with Gasteiger partial charge in [-0.3, -0.25) is 8.78 Å². The van der Waals surface area contributed by atoms with E-state index in [1.165, 1.54) is 0 Å². The number of nitrogens with one attached hydrogen (secondary N) is 1. The largest absolute Gasteiger partial charge is 0.760 e.